The van der Waals surface area contributed by atoms with Crippen LogP contribution in [0.1, 0.15) is 20.3 Å². The van der Waals surface area contributed by atoms with Gasteiger partial charge in [0.05, 0.1) is 23.9 Å². The highest BCUT2D eigenvalue weighted by molar-refractivity contribution is 6.33. The Balaban J connectivity index is 2.00. The third-order valence-electron chi connectivity index (χ3n) is 3.11. The van der Waals surface area contributed by atoms with Gasteiger partial charge in [-0.25, -0.2) is 4.68 Å². The summed E-state index contributed by atoms with van der Waals surface area (Å²) in [6, 6.07) is 5.42. The van der Waals surface area contributed by atoms with Crippen molar-refractivity contribution in [1.82, 2.24) is 20.2 Å². The first-order chi connectivity index (χ1) is 10.1. The lowest BCUT2D eigenvalue weighted by molar-refractivity contribution is 0.114. The minimum Gasteiger partial charge on any atom is -0.397 e. The van der Waals surface area contributed by atoms with Gasteiger partial charge in [-0.3, -0.25) is 0 Å². The van der Waals surface area contributed by atoms with Crippen LogP contribution in [0.3, 0.4) is 0 Å². The Morgan fingerprint density at radius 1 is 1.33 bits per heavy atom. The number of aromatic nitrogens is 4. The molecule has 0 aliphatic heterocycles. The van der Waals surface area contributed by atoms with E-state index in [2.05, 4.69) is 29.4 Å². The molecule has 0 spiro atoms. The van der Waals surface area contributed by atoms with Gasteiger partial charge in [0.15, 0.2) is 5.82 Å². The summed E-state index contributed by atoms with van der Waals surface area (Å²) in [6.45, 7) is 6.22. The average Bonchev–Trinajstić information content (AvgIpc) is 2.89. The topological polar surface area (TPSA) is 78.8 Å². The fourth-order valence-corrected chi connectivity index (χ4v) is 2.03. The van der Waals surface area contributed by atoms with Crippen LogP contribution in [0.25, 0.3) is 11.4 Å². The summed E-state index contributed by atoms with van der Waals surface area (Å²) in [5.74, 6) is 1.24. The molecular weight excluding hydrogens is 290 g/mol. The number of hydrogen-bond donors (Lipinski definition) is 1. The van der Waals surface area contributed by atoms with Crippen molar-refractivity contribution in [2.75, 3.05) is 18.9 Å². The SMILES string of the molecule is CC(C)CCOCCn1nnnc1-c1cccc(Cl)c1N. The van der Waals surface area contributed by atoms with E-state index in [0.29, 0.717) is 35.6 Å². The second-order valence-corrected chi connectivity index (χ2v) is 5.63. The van der Waals surface area contributed by atoms with Gasteiger partial charge in [-0.15, -0.1) is 5.10 Å². The zero-order valence-electron chi connectivity index (χ0n) is 12.3. The Morgan fingerprint density at radius 3 is 2.90 bits per heavy atom. The molecule has 0 saturated carbocycles. The highest BCUT2D eigenvalue weighted by atomic mass is 35.5. The van der Waals surface area contributed by atoms with Crippen molar-refractivity contribution in [3.8, 4) is 11.4 Å². The molecule has 0 atom stereocenters. The van der Waals surface area contributed by atoms with Crippen LogP contribution < -0.4 is 5.73 Å². The first-order valence-electron chi connectivity index (χ1n) is 6.98. The van der Waals surface area contributed by atoms with Gasteiger partial charge in [0, 0.05) is 12.2 Å². The summed E-state index contributed by atoms with van der Waals surface area (Å²) in [6.07, 6.45) is 1.05. The number of nitrogen functional groups attached to an aromatic ring is 1. The predicted octanol–water partition coefficient (Wildman–Crippen LogP) is 2.64. The van der Waals surface area contributed by atoms with Gasteiger partial charge >= 0.3 is 0 Å². The number of nitrogens with two attached hydrogens (primary N) is 1. The minimum absolute atomic E-state index is 0.482. The van der Waals surface area contributed by atoms with Crippen LogP contribution in [0, 0.1) is 5.92 Å². The lowest BCUT2D eigenvalue weighted by Crippen LogP contribution is -2.11. The van der Waals surface area contributed by atoms with Gasteiger partial charge in [-0.2, -0.15) is 0 Å². The number of rotatable bonds is 7. The Hall–Kier alpha value is -1.66. The second-order valence-electron chi connectivity index (χ2n) is 5.22. The summed E-state index contributed by atoms with van der Waals surface area (Å²) >= 11 is 6.03. The number of benzene rings is 1. The molecule has 1 aromatic heterocycles. The zero-order valence-corrected chi connectivity index (χ0v) is 13.0. The molecular formula is C14H20ClN5O. The van der Waals surface area contributed by atoms with E-state index in [1.165, 1.54) is 0 Å². The molecule has 0 aliphatic carbocycles. The molecule has 7 heteroatoms. The molecule has 114 valence electrons. The van der Waals surface area contributed by atoms with E-state index in [0.717, 1.165) is 18.6 Å². The highest BCUT2D eigenvalue weighted by Crippen LogP contribution is 2.29. The highest BCUT2D eigenvalue weighted by Gasteiger charge is 2.13. The van der Waals surface area contributed by atoms with Crippen LogP contribution in [-0.2, 0) is 11.3 Å². The van der Waals surface area contributed by atoms with E-state index >= 15 is 0 Å². The molecule has 6 nitrogen and oxygen atoms in total. The fourth-order valence-electron chi connectivity index (χ4n) is 1.85. The van der Waals surface area contributed by atoms with Gasteiger partial charge in [0.25, 0.3) is 0 Å². The molecule has 2 N–H and O–H groups in total. The Morgan fingerprint density at radius 2 is 2.14 bits per heavy atom. The largest absolute Gasteiger partial charge is 0.397 e. The first kappa shape index (κ1) is 15.7. The molecule has 0 fully saturated rings. The third kappa shape index (κ3) is 4.15. The van der Waals surface area contributed by atoms with Crippen molar-refractivity contribution in [3.63, 3.8) is 0 Å². The number of ether oxygens (including phenoxy) is 1. The van der Waals surface area contributed by atoms with Crippen molar-refractivity contribution in [2.24, 2.45) is 5.92 Å². The molecule has 2 rings (SSSR count). The molecule has 1 heterocycles. The summed E-state index contributed by atoms with van der Waals surface area (Å²) in [5, 5.41) is 12.2. The number of nitrogens with zero attached hydrogens (tertiary/aromatic N) is 4. The normalized spacial score (nSPS) is 11.2. The number of tetrazole rings is 1. The maximum absolute atomic E-state index is 6.03. The molecule has 0 aliphatic rings. The summed E-state index contributed by atoms with van der Waals surface area (Å²) in [7, 11) is 0. The lowest BCUT2D eigenvalue weighted by atomic mass is 10.1. The van der Waals surface area contributed by atoms with Gasteiger partial charge in [0.1, 0.15) is 0 Å². The number of halogens is 1. The van der Waals surface area contributed by atoms with Crippen molar-refractivity contribution < 1.29 is 4.74 Å². The molecule has 0 amide bonds. The van der Waals surface area contributed by atoms with Crippen LogP contribution >= 0.6 is 11.6 Å². The van der Waals surface area contributed by atoms with E-state index in [1.54, 1.807) is 10.7 Å². The fraction of sp³-hybridized carbons (Fsp3) is 0.500. The van der Waals surface area contributed by atoms with Gasteiger partial charge in [0.2, 0.25) is 0 Å². The third-order valence-corrected chi connectivity index (χ3v) is 3.44. The maximum Gasteiger partial charge on any atom is 0.184 e. The van der Waals surface area contributed by atoms with Crippen molar-refractivity contribution >= 4 is 17.3 Å². The quantitative estimate of drug-likeness (QED) is 0.628. The second kappa shape index (κ2) is 7.38. The van der Waals surface area contributed by atoms with E-state index < -0.39 is 0 Å². The van der Waals surface area contributed by atoms with Crippen LogP contribution in [0.4, 0.5) is 5.69 Å². The van der Waals surface area contributed by atoms with Gasteiger partial charge in [-0.05, 0) is 34.9 Å². The number of anilines is 1. The lowest BCUT2D eigenvalue weighted by Gasteiger charge is -2.09. The summed E-state index contributed by atoms with van der Waals surface area (Å²) in [4.78, 5) is 0. The Kier molecular flexibility index (Phi) is 5.52. The van der Waals surface area contributed by atoms with Crippen LogP contribution in [0.2, 0.25) is 5.02 Å². The number of hydrogen-bond acceptors (Lipinski definition) is 5. The van der Waals surface area contributed by atoms with Crippen LogP contribution in [0.5, 0.6) is 0 Å². The van der Waals surface area contributed by atoms with Gasteiger partial charge in [-0.1, -0.05) is 31.5 Å². The van der Waals surface area contributed by atoms with Crippen molar-refractivity contribution in [3.05, 3.63) is 23.2 Å². The molecule has 1 aromatic carbocycles. The van der Waals surface area contributed by atoms with Gasteiger partial charge < -0.3 is 10.5 Å². The molecule has 0 saturated heterocycles. The molecule has 0 radical (unpaired) electrons. The van der Waals surface area contributed by atoms with Crippen LogP contribution in [0.15, 0.2) is 18.2 Å². The zero-order chi connectivity index (χ0) is 15.2. The smallest absolute Gasteiger partial charge is 0.184 e. The van der Waals surface area contributed by atoms with E-state index in [4.69, 9.17) is 22.1 Å². The minimum atomic E-state index is 0.482. The molecule has 0 unspecified atom stereocenters. The van der Waals surface area contributed by atoms with Crippen LogP contribution in [-0.4, -0.2) is 33.4 Å². The van der Waals surface area contributed by atoms with E-state index in [1.807, 2.05) is 12.1 Å². The first-order valence-corrected chi connectivity index (χ1v) is 7.35. The average molecular weight is 310 g/mol. The summed E-state index contributed by atoms with van der Waals surface area (Å²) < 4.78 is 7.27. The Bertz CT molecular complexity index is 584. The summed E-state index contributed by atoms with van der Waals surface area (Å²) in [5.41, 5.74) is 7.19. The number of para-hydroxylation sites is 1. The van der Waals surface area contributed by atoms with E-state index in [-0.39, 0.29) is 0 Å². The standard InChI is InChI=1S/C14H20ClN5O/c1-10(2)6-8-21-9-7-20-14(17-18-19-20)11-4-3-5-12(15)13(11)16/h3-5,10H,6-9,16H2,1-2H3. The Labute approximate surface area is 129 Å². The predicted molar refractivity (Wildman–Crippen MR) is 82.9 cm³/mol. The van der Waals surface area contributed by atoms with Crippen molar-refractivity contribution in [2.45, 2.75) is 26.8 Å². The molecule has 2 aromatic rings. The van der Waals surface area contributed by atoms with E-state index in [9.17, 15) is 0 Å². The molecule has 0 bridgehead atoms. The van der Waals surface area contributed by atoms with Crippen molar-refractivity contribution in [1.29, 1.82) is 0 Å². The molecule has 21 heavy (non-hydrogen) atoms. The monoisotopic (exact) mass is 309 g/mol. The maximum atomic E-state index is 6.03.